The smallest absolute Gasteiger partial charge is 0.0585 e. The Morgan fingerprint density at radius 3 is 2.17 bits per heavy atom. The van der Waals surface area contributed by atoms with Crippen molar-refractivity contribution >= 4 is 0 Å². The standard InChI is InChI=1S/C16H25NO/c1-15(2,3)13-5-7-14(8-6-13)16(9-4-10-17)11-18-12-16/h5-8H,4,9-12,17H2,1-3H3. The van der Waals surface area contributed by atoms with Gasteiger partial charge in [0.2, 0.25) is 0 Å². The van der Waals surface area contributed by atoms with Crippen molar-refractivity contribution in [3.05, 3.63) is 35.4 Å². The van der Waals surface area contributed by atoms with E-state index in [4.69, 9.17) is 10.5 Å². The van der Waals surface area contributed by atoms with Crippen LogP contribution in [0.3, 0.4) is 0 Å². The monoisotopic (exact) mass is 247 g/mol. The number of ether oxygens (including phenoxy) is 1. The van der Waals surface area contributed by atoms with E-state index in [0.717, 1.165) is 32.6 Å². The molecule has 1 aliphatic heterocycles. The van der Waals surface area contributed by atoms with Crippen molar-refractivity contribution in [2.75, 3.05) is 19.8 Å². The lowest BCUT2D eigenvalue weighted by molar-refractivity contribution is -0.0649. The van der Waals surface area contributed by atoms with Crippen LogP contribution in [0.25, 0.3) is 0 Å². The number of rotatable bonds is 4. The molecule has 0 spiro atoms. The average molecular weight is 247 g/mol. The molecule has 1 saturated heterocycles. The summed E-state index contributed by atoms with van der Waals surface area (Å²) in [4.78, 5) is 0. The minimum atomic E-state index is 0.221. The van der Waals surface area contributed by atoms with Crippen molar-refractivity contribution in [1.82, 2.24) is 0 Å². The molecule has 2 heteroatoms. The molecule has 0 aliphatic carbocycles. The molecule has 100 valence electrons. The molecule has 0 atom stereocenters. The predicted octanol–water partition coefficient (Wildman–Crippen LogP) is 2.99. The SMILES string of the molecule is CC(C)(C)c1ccc(C2(CCCN)COC2)cc1. The Labute approximate surface area is 111 Å². The predicted molar refractivity (Wildman–Crippen MR) is 75.9 cm³/mol. The fourth-order valence-corrected chi connectivity index (χ4v) is 2.57. The first-order chi connectivity index (χ1) is 8.48. The highest BCUT2D eigenvalue weighted by Crippen LogP contribution is 2.37. The highest BCUT2D eigenvalue weighted by molar-refractivity contribution is 5.33. The third kappa shape index (κ3) is 2.60. The molecule has 1 fully saturated rings. The summed E-state index contributed by atoms with van der Waals surface area (Å²) in [7, 11) is 0. The summed E-state index contributed by atoms with van der Waals surface area (Å²) in [6.07, 6.45) is 2.21. The van der Waals surface area contributed by atoms with E-state index in [0.29, 0.717) is 0 Å². The molecule has 1 aliphatic rings. The second kappa shape index (κ2) is 5.02. The Bertz CT molecular complexity index is 385. The second-order valence-electron chi connectivity index (χ2n) is 6.49. The summed E-state index contributed by atoms with van der Waals surface area (Å²) in [5.41, 5.74) is 8.89. The minimum Gasteiger partial charge on any atom is -0.379 e. The van der Waals surface area contributed by atoms with Gasteiger partial charge in [0, 0.05) is 5.41 Å². The molecular weight excluding hydrogens is 222 g/mol. The van der Waals surface area contributed by atoms with Gasteiger partial charge in [0.15, 0.2) is 0 Å². The maximum Gasteiger partial charge on any atom is 0.0585 e. The van der Waals surface area contributed by atoms with Crippen molar-refractivity contribution in [2.45, 2.75) is 44.4 Å². The largest absolute Gasteiger partial charge is 0.379 e. The van der Waals surface area contributed by atoms with Crippen LogP contribution in [-0.4, -0.2) is 19.8 Å². The first-order valence-electron chi connectivity index (χ1n) is 6.87. The molecule has 2 nitrogen and oxygen atoms in total. The Hall–Kier alpha value is -0.860. The van der Waals surface area contributed by atoms with Gasteiger partial charge in [-0.2, -0.15) is 0 Å². The van der Waals surface area contributed by atoms with Crippen LogP contribution >= 0.6 is 0 Å². The highest BCUT2D eigenvalue weighted by Gasteiger charge is 2.39. The van der Waals surface area contributed by atoms with Gasteiger partial charge in [0.05, 0.1) is 13.2 Å². The lowest BCUT2D eigenvalue weighted by atomic mass is 9.74. The van der Waals surface area contributed by atoms with E-state index >= 15 is 0 Å². The van der Waals surface area contributed by atoms with Crippen molar-refractivity contribution in [1.29, 1.82) is 0 Å². The van der Waals surface area contributed by atoms with Crippen molar-refractivity contribution in [3.8, 4) is 0 Å². The molecule has 0 radical (unpaired) electrons. The van der Waals surface area contributed by atoms with Crippen molar-refractivity contribution in [2.24, 2.45) is 5.73 Å². The van der Waals surface area contributed by atoms with E-state index in [1.807, 2.05) is 0 Å². The van der Waals surface area contributed by atoms with Gasteiger partial charge in [-0.3, -0.25) is 0 Å². The summed E-state index contributed by atoms with van der Waals surface area (Å²) in [6.45, 7) is 9.21. The van der Waals surface area contributed by atoms with Crippen LogP contribution in [0.5, 0.6) is 0 Å². The van der Waals surface area contributed by atoms with Gasteiger partial charge in [-0.05, 0) is 35.9 Å². The zero-order valence-electron chi connectivity index (χ0n) is 11.8. The van der Waals surface area contributed by atoms with Crippen LogP contribution in [0, 0.1) is 0 Å². The maximum atomic E-state index is 5.63. The van der Waals surface area contributed by atoms with Gasteiger partial charge in [-0.15, -0.1) is 0 Å². The third-order valence-electron chi connectivity index (χ3n) is 3.98. The summed E-state index contributed by atoms with van der Waals surface area (Å²) in [5, 5.41) is 0. The first kappa shape index (κ1) is 13.6. The topological polar surface area (TPSA) is 35.2 Å². The van der Waals surface area contributed by atoms with Crippen LogP contribution in [0.15, 0.2) is 24.3 Å². The Morgan fingerprint density at radius 1 is 1.17 bits per heavy atom. The fraction of sp³-hybridized carbons (Fsp3) is 0.625. The van der Waals surface area contributed by atoms with E-state index in [-0.39, 0.29) is 10.8 Å². The lowest BCUT2D eigenvalue weighted by Crippen LogP contribution is -2.47. The lowest BCUT2D eigenvalue weighted by Gasteiger charge is -2.42. The second-order valence-corrected chi connectivity index (χ2v) is 6.49. The van der Waals surface area contributed by atoms with E-state index in [2.05, 4.69) is 45.0 Å². The van der Waals surface area contributed by atoms with Gasteiger partial charge in [0.25, 0.3) is 0 Å². The number of nitrogens with two attached hydrogens (primary N) is 1. The summed E-state index contributed by atoms with van der Waals surface area (Å²) in [5.74, 6) is 0. The first-order valence-corrected chi connectivity index (χ1v) is 6.87. The third-order valence-corrected chi connectivity index (χ3v) is 3.98. The van der Waals surface area contributed by atoms with Gasteiger partial charge < -0.3 is 10.5 Å². The summed E-state index contributed by atoms with van der Waals surface area (Å²) >= 11 is 0. The van der Waals surface area contributed by atoms with Gasteiger partial charge in [-0.25, -0.2) is 0 Å². The minimum absolute atomic E-state index is 0.221. The molecular formula is C16H25NO. The molecule has 0 saturated carbocycles. The molecule has 0 unspecified atom stereocenters. The fourth-order valence-electron chi connectivity index (χ4n) is 2.57. The van der Waals surface area contributed by atoms with Crippen LogP contribution in [0.4, 0.5) is 0 Å². The number of hydrogen-bond donors (Lipinski definition) is 1. The van der Waals surface area contributed by atoms with Gasteiger partial charge in [-0.1, -0.05) is 45.0 Å². The molecule has 1 aromatic rings. The van der Waals surface area contributed by atoms with Gasteiger partial charge >= 0.3 is 0 Å². The highest BCUT2D eigenvalue weighted by atomic mass is 16.5. The summed E-state index contributed by atoms with van der Waals surface area (Å²) < 4.78 is 5.45. The van der Waals surface area contributed by atoms with Crippen molar-refractivity contribution in [3.63, 3.8) is 0 Å². The Morgan fingerprint density at radius 2 is 1.78 bits per heavy atom. The van der Waals surface area contributed by atoms with E-state index in [9.17, 15) is 0 Å². The normalized spacial score (nSPS) is 18.4. The zero-order chi connectivity index (χ0) is 13.2. The average Bonchev–Trinajstić information content (AvgIpc) is 2.27. The van der Waals surface area contributed by atoms with Crippen LogP contribution in [-0.2, 0) is 15.6 Å². The van der Waals surface area contributed by atoms with Crippen LogP contribution in [0.2, 0.25) is 0 Å². The quantitative estimate of drug-likeness (QED) is 0.887. The molecule has 2 rings (SSSR count). The summed E-state index contributed by atoms with van der Waals surface area (Å²) in [6, 6.07) is 9.08. The molecule has 1 aromatic carbocycles. The van der Waals surface area contributed by atoms with Crippen molar-refractivity contribution < 1.29 is 4.74 Å². The van der Waals surface area contributed by atoms with E-state index in [1.165, 1.54) is 11.1 Å². The number of benzene rings is 1. The molecule has 1 heterocycles. The zero-order valence-corrected chi connectivity index (χ0v) is 11.8. The molecule has 0 aromatic heterocycles. The Balaban J connectivity index is 2.17. The molecule has 0 bridgehead atoms. The molecule has 0 amide bonds. The van der Waals surface area contributed by atoms with Crippen LogP contribution < -0.4 is 5.73 Å². The van der Waals surface area contributed by atoms with E-state index < -0.39 is 0 Å². The maximum absolute atomic E-state index is 5.63. The van der Waals surface area contributed by atoms with E-state index in [1.54, 1.807) is 0 Å². The molecule has 18 heavy (non-hydrogen) atoms. The Kier molecular flexibility index (Phi) is 3.79. The molecule has 2 N–H and O–H groups in total. The van der Waals surface area contributed by atoms with Crippen LogP contribution in [0.1, 0.15) is 44.7 Å². The number of hydrogen-bond acceptors (Lipinski definition) is 2. The van der Waals surface area contributed by atoms with Gasteiger partial charge in [0.1, 0.15) is 0 Å².